The molecule has 0 saturated carbocycles. The van der Waals surface area contributed by atoms with Gasteiger partial charge in [-0.05, 0) is 43.3 Å². The Hall–Kier alpha value is -4.91. The number of hydrogen-bond donors (Lipinski definition) is 1. The molecule has 6 rings (SSSR count). The van der Waals surface area contributed by atoms with Crippen molar-refractivity contribution in [3.63, 3.8) is 0 Å². The largest absolute Gasteiger partial charge is 0.322 e. The quantitative estimate of drug-likeness (QED) is 0.375. The van der Waals surface area contributed by atoms with Gasteiger partial charge in [-0.1, -0.05) is 54.6 Å². The van der Waals surface area contributed by atoms with Crippen molar-refractivity contribution in [2.24, 2.45) is 0 Å². The molecule has 168 valence electrons. The maximum Gasteiger partial charge on any atom is 0.255 e. The van der Waals surface area contributed by atoms with Crippen LogP contribution in [0.15, 0.2) is 97.2 Å². The van der Waals surface area contributed by atoms with Gasteiger partial charge >= 0.3 is 0 Å². The minimum atomic E-state index is -0.194. The molecule has 0 unspecified atom stereocenters. The van der Waals surface area contributed by atoms with E-state index in [1.54, 1.807) is 22.8 Å². The van der Waals surface area contributed by atoms with Crippen LogP contribution in [0.5, 0.6) is 0 Å². The number of nitrogens with one attached hydrogen (secondary N) is 1. The number of pyridine rings is 1. The number of carbonyl (C=O) groups is 1. The Morgan fingerprint density at radius 3 is 2.40 bits per heavy atom. The van der Waals surface area contributed by atoms with Gasteiger partial charge in [0.2, 0.25) is 0 Å². The van der Waals surface area contributed by atoms with E-state index in [-0.39, 0.29) is 5.91 Å². The Morgan fingerprint density at radius 2 is 1.60 bits per heavy atom. The summed E-state index contributed by atoms with van der Waals surface area (Å²) in [5.41, 5.74) is 5.45. The predicted octanol–water partition coefficient (Wildman–Crippen LogP) is 5.57. The summed E-state index contributed by atoms with van der Waals surface area (Å²) >= 11 is 0. The van der Waals surface area contributed by atoms with Gasteiger partial charge in [0.25, 0.3) is 5.91 Å². The molecule has 3 aromatic carbocycles. The molecule has 0 spiro atoms. The third kappa shape index (κ3) is 3.79. The third-order valence-electron chi connectivity index (χ3n) is 5.93. The average molecular weight is 457 g/mol. The monoisotopic (exact) mass is 456 g/mol. The third-order valence-corrected chi connectivity index (χ3v) is 5.93. The van der Waals surface area contributed by atoms with E-state index in [1.165, 1.54) is 0 Å². The summed E-state index contributed by atoms with van der Waals surface area (Å²) < 4.78 is 1.76. The van der Waals surface area contributed by atoms with Gasteiger partial charge in [0.15, 0.2) is 11.5 Å². The lowest BCUT2D eigenvalue weighted by Crippen LogP contribution is -2.11. The summed E-state index contributed by atoms with van der Waals surface area (Å²) in [6.45, 7) is 1.97. The first-order chi connectivity index (χ1) is 17.2. The molecular formula is C28H20N6O. The highest BCUT2D eigenvalue weighted by atomic mass is 16.1. The van der Waals surface area contributed by atoms with Crippen LogP contribution in [0, 0.1) is 6.92 Å². The molecule has 3 heterocycles. The number of fused-ring (bicyclic) bond motifs is 3. The summed E-state index contributed by atoms with van der Waals surface area (Å²) in [5, 5.41) is 18.5. The fourth-order valence-electron chi connectivity index (χ4n) is 4.19. The number of aryl methyl sites for hydroxylation is 1. The first-order valence-electron chi connectivity index (χ1n) is 11.2. The molecule has 7 heteroatoms. The fraction of sp³-hybridized carbons (Fsp3) is 0.0357. The summed E-state index contributed by atoms with van der Waals surface area (Å²) in [6.07, 6.45) is 1.75. The molecular weight excluding hydrogens is 436 g/mol. The van der Waals surface area contributed by atoms with E-state index in [9.17, 15) is 4.79 Å². The number of hydrogen-bond acceptors (Lipinski definition) is 5. The summed E-state index contributed by atoms with van der Waals surface area (Å²) in [6, 6.07) is 28.7. The minimum Gasteiger partial charge on any atom is -0.322 e. The van der Waals surface area contributed by atoms with Crippen LogP contribution in [0.3, 0.4) is 0 Å². The van der Waals surface area contributed by atoms with Crippen LogP contribution >= 0.6 is 0 Å². The van der Waals surface area contributed by atoms with Crippen LogP contribution in [0.4, 0.5) is 5.69 Å². The highest BCUT2D eigenvalue weighted by molar-refractivity contribution is 6.04. The van der Waals surface area contributed by atoms with Crippen LogP contribution in [0.1, 0.15) is 16.1 Å². The number of benzene rings is 3. The highest BCUT2D eigenvalue weighted by Crippen LogP contribution is 2.26. The fourth-order valence-corrected chi connectivity index (χ4v) is 4.19. The first-order valence-corrected chi connectivity index (χ1v) is 11.2. The van der Waals surface area contributed by atoms with E-state index in [0.29, 0.717) is 22.7 Å². The Labute approximate surface area is 201 Å². The molecule has 0 saturated heterocycles. The van der Waals surface area contributed by atoms with Gasteiger partial charge in [0.1, 0.15) is 0 Å². The van der Waals surface area contributed by atoms with E-state index in [4.69, 9.17) is 5.10 Å². The molecule has 35 heavy (non-hydrogen) atoms. The molecule has 3 aromatic heterocycles. The van der Waals surface area contributed by atoms with Gasteiger partial charge in [-0.25, -0.2) is 0 Å². The number of nitrogens with zero attached hydrogens (tertiary/aromatic N) is 5. The average Bonchev–Trinajstić information content (AvgIpc) is 3.34. The molecule has 0 aliphatic rings. The van der Waals surface area contributed by atoms with Crippen molar-refractivity contribution in [2.45, 2.75) is 6.92 Å². The van der Waals surface area contributed by atoms with Gasteiger partial charge in [-0.2, -0.15) is 9.61 Å². The van der Waals surface area contributed by atoms with E-state index in [2.05, 4.69) is 20.5 Å². The number of rotatable bonds is 4. The molecule has 0 atom stereocenters. The van der Waals surface area contributed by atoms with Gasteiger partial charge in [0.05, 0.1) is 11.4 Å². The predicted molar refractivity (Wildman–Crippen MR) is 136 cm³/mol. The number of anilines is 1. The second-order valence-corrected chi connectivity index (χ2v) is 8.22. The van der Waals surface area contributed by atoms with Gasteiger partial charge in [-0.3, -0.25) is 9.78 Å². The van der Waals surface area contributed by atoms with Crippen molar-refractivity contribution in [2.75, 3.05) is 5.32 Å². The second kappa shape index (κ2) is 8.46. The zero-order valence-electron chi connectivity index (χ0n) is 18.9. The molecule has 1 N–H and O–H groups in total. The Bertz CT molecular complexity index is 1690. The van der Waals surface area contributed by atoms with Gasteiger partial charge < -0.3 is 5.32 Å². The summed E-state index contributed by atoms with van der Waals surface area (Å²) in [7, 11) is 0. The van der Waals surface area contributed by atoms with Crippen molar-refractivity contribution in [1.29, 1.82) is 0 Å². The van der Waals surface area contributed by atoms with Crippen LogP contribution in [0.2, 0.25) is 0 Å². The number of amides is 1. The van der Waals surface area contributed by atoms with E-state index < -0.39 is 0 Å². The zero-order valence-corrected chi connectivity index (χ0v) is 18.9. The lowest BCUT2D eigenvalue weighted by atomic mass is 10.1. The van der Waals surface area contributed by atoms with Crippen molar-refractivity contribution in [3.8, 4) is 22.6 Å². The van der Waals surface area contributed by atoms with E-state index in [0.717, 1.165) is 33.3 Å². The summed E-state index contributed by atoms with van der Waals surface area (Å²) in [5.74, 6) is 0.422. The molecule has 0 aliphatic heterocycles. The Balaban J connectivity index is 1.29. The lowest BCUT2D eigenvalue weighted by Gasteiger charge is -2.08. The topological polar surface area (TPSA) is 85.1 Å². The molecule has 0 aliphatic carbocycles. The maximum atomic E-state index is 12.9. The molecule has 0 bridgehead atoms. The normalized spacial score (nSPS) is 11.1. The van der Waals surface area contributed by atoms with Gasteiger partial charge in [-0.15, -0.1) is 10.2 Å². The van der Waals surface area contributed by atoms with Crippen molar-refractivity contribution in [1.82, 2.24) is 24.8 Å². The molecule has 0 radical (unpaired) electrons. The van der Waals surface area contributed by atoms with Crippen LogP contribution in [0.25, 0.3) is 39.1 Å². The second-order valence-electron chi connectivity index (χ2n) is 8.22. The van der Waals surface area contributed by atoms with Crippen LogP contribution in [-0.2, 0) is 0 Å². The Morgan fingerprint density at radius 1 is 0.800 bits per heavy atom. The van der Waals surface area contributed by atoms with E-state index >= 15 is 0 Å². The maximum absolute atomic E-state index is 12.9. The molecule has 6 aromatic rings. The number of aromatic nitrogens is 5. The minimum absolute atomic E-state index is 0.194. The Kier molecular flexibility index (Phi) is 5.00. The smallest absolute Gasteiger partial charge is 0.255 e. The molecule has 1 amide bonds. The zero-order chi connectivity index (χ0) is 23.8. The highest BCUT2D eigenvalue weighted by Gasteiger charge is 2.15. The van der Waals surface area contributed by atoms with Crippen LogP contribution in [-0.4, -0.2) is 30.7 Å². The molecule has 0 fully saturated rings. The van der Waals surface area contributed by atoms with E-state index in [1.807, 2.05) is 85.8 Å². The standard InChI is InChI=1S/C28H20N6O/c1-18-23-9-2-3-10-24(23)27-32-31-26(34(27)33-18)21-7-6-8-22(17-21)30-28(35)20-14-12-19(13-15-20)25-11-4-5-16-29-25/h2-17H,1H3,(H,30,35). The first kappa shape index (κ1) is 20.7. The lowest BCUT2D eigenvalue weighted by molar-refractivity contribution is 0.102. The van der Waals surface area contributed by atoms with Crippen molar-refractivity contribution in [3.05, 3.63) is 108 Å². The summed E-state index contributed by atoms with van der Waals surface area (Å²) in [4.78, 5) is 17.2. The van der Waals surface area contributed by atoms with Crippen molar-refractivity contribution >= 4 is 28.0 Å². The SMILES string of the molecule is Cc1nn2c(-c3cccc(NC(=O)c4ccc(-c5ccccn5)cc4)c3)nnc2c2ccccc12. The number of carbonyl (C=O) groups excluding carboxylic acids is 1. The van der Waals surface area contributed by atoms with Gasteiger partial charge in [0, 0.05) is 39.3 Å². The molecule has 7 nitrogen and oxygen atoms in total. The van der Waals surface area contributed by atoms with Crippen molar-refractivity contribution < 1.29 is 4.79 Å². The van der Waals surface area contributed by atoms with Crippen LogP contribution < -0.4 is 5.32 Å².